The van der Waals surface area contributed by atoms with Crippen LogP contribution in [0.4, 0.5) is 0 Å². The summed E-state index contributed by atoms with van der Waals surface area (Å²) < 4.78 is 5.38. The van der Waals surface area contributed by atoms with Crippen molar-refractivity contribution in [3.05, 3.63) is 24.2 Å². The van der Waals surface area contributed by atoms with E-state index in [1.54, 1.807) is 6.26 Å². The molecule has 2 fully saturated rings. The first kappa shape index (κ1) is 16.9. The molecule has 0 radical (unpaired) electrons. The lowest BCUT2D eigenvalue weighted by Gasteiger charge is -2.39. The maximum absolute atomic E-state index is 11.9. The second-order valence-electron chi connectivity index (χ2n) is 6.71. The predicted octanol–water partition coefficient (Wildman–Crippen LogP) is 1.87. The zero-order valence-corrected chi connectivity index (χ0v) is 14.7. The molecule has 0 spiro atoms. The summed E-state index contributed by atoms with van der Waals surface area (Å²) in [7, 11) is 0. The molecule has 2 aliphatic rings. The molecular weight excluding hydrogens is 304 g/mol. The molecular formula is C18H28N4O2. The summed E-state index contributed by atoms with van der Waals surface area (Å²) in [5.74, 6) is 2.24. The molecule has 0 bridgehead atoms. The second-order valence-corrected chi connectivity index (χ2v) is 6.71. The van der Waals surface area contributed by atoms with E-state index in [4.69, 9.17) is 9.41 Å². The van der Waals surface area contributed by atoms with E-state index in [2.05, 4.69) is 24.1 Å². The summed E-state index contributed by atoms with van der Waals surface area (Å²) >= 11 is 0. The zero-order chi connectivity index (χ0) is 16.9. The fourth-order valence-corrected chi connectivity index (χ4v) is 3.34. The quantitative estimate of drug-likeness (QED) is 0.660. The number of hydrogen-bond donors (Lipinski definition) is 1. The molecule has 2 saturated heterocycles. The second kappa shape index (κ2) is 7.73. The Labute approximate surface area is 143 Å². The van der Waals surface area contributed by atoms with Crippen molar-refractivity contribution >= 4 is 11.9 Å². The van der Waals surface area contributed by atoms with Crippen LogP contribution >= 0.6 is 0 Å². The molecule has 1 aromatic rings. The zero-order valence-electron chi connectivity index (χ0n) is 14.7. The summed E-state index contributed by atoms with van der Waals surface area (Å²) in [6, 6.07) is 4.63. The monoisotopic (exact) mass is 332 g/mol. The smallest absolute Gasteiger partial charge is 0.223 e. The van der Waals surface area contributed by atoms with Crippen LogP contribution in [0.5, 0.6) is 0 Å². The number of hydrogen-bond acceptors (Lipinski definition) is 3. The number of guanidine groups is 1. The Hall–Kier alpha value is -1.98. The van der Waals surface area contributed by atoms with E-state index in [9.17, 15) is 4.79 Å². The van der Waals surface area contributed by atoms with Crippen LogP contribution in [-0.4, -0.2) is 59.9 Å². The number of fused-ring (bicyclic) bond motifs is 1. The molecule has 2 unspecified atom stereocenters. The van der Waals surface area contributed by atoms with Crippen molar-refractivity contribution in [2.45, 2.75) is 51.6 Å². The molecule has 0 aliphatic carbocycles. The van der Waals surface area contributed by atoms with Gasteiger partial charge in [-0.3, -0.25) is 9.79 Å². The average molecular weight is 332 g/mol. The molecule has 2 aliphatic heterocycles. The van der Waals surface area contributed by atoms with Gasteiger partial charge in [0.15, 0.2) is 5.96 Å². The van der Waals surface area contributed by atoms with Crippen LogP contribution in [-0.2, 0) is 11.2 Å². The number of aliphatic imine (C=N–C) groups is 1. The Balaban J connectivity index is 1.64. The number of carbonyl (C=O) groups excluding carboxylic acids is 1. The van der Waals surface area contributed by atoms with Gasteiger partial charge in [0, 0.05) is 51.1 Å². The Morgan fingerprint density at radius 1 is 1.50 bits per heavy atom. The van der Waals surface area contributed by atoms with Gasteiger partial charge in [-0.1, -0.05) is 6.92 Å². The number of rotatable bonds is 5. The Morgan fingerprint density at radius 3 is 3.12 bits per heavy atom. The van der Waals surface area contributed by atoms with Gasteiger partial charge in [0.1, 0.15) is 5.76 Å². The van der Waals surface area contributed by atoms with Crippen LogP contribution in [0, 0.1) is 0 Å². The van der Waals surface area contributed by atoms with Crippen LogP contribution in [0.3, 0.4) is 0 Å². The number of amides is 1. The van der Waals surface area contributed by atoms with Crippen molar-refractivity contribution in [2.24, 2.45) is 4.99 Å². The summed E-state index contributed by atoms with van der Waals surface area (Å²) in [4.78, 5) is 21.0. The van der Waals surface area contributed by atoms with E-state index >= 15 is 0 Å². The van der Waals surface area contributed by atoms with Crippen molar-refractivity contribution < 1.29 is 9.21 Å². The number of nitrogens with zero attached hydrogens (tertiary/aromatic N) is 3. The summed E-state index contributed by atoms with van der Waals surface area (Å²) in [5.41, 5.74) is 0. The first-order valence-electron chi connectivity index (χ1n) is 9.05. The summed E-state index contributed by atoms with van der Waals surface area (Å²) in [6.45, 7) is 7.60. The molecule has 0 aromatic carbocycles. The first-order chi connectivity index (χ1) is 11.7. The molecule has 2 atom stereocenters. The van der Waals surface area contributed by atoms with Crippen molar-refractivity contribution in [2.75, 3.05) is 26.2 Å². The largest absolute Gasteiger partial charge is 0.469 e. The molecule has 132 valence electrons. The number of piperazine rings is 1. The van der Waals surface area contributed by atoms with Crippen LogP contribution in [0.2, 0.25) is 0 Å². The molecule has 6 nitrogen and oxygen atoms in total. The molecule has 1 amide bonds. The maximum atomic E-state index is 11.9. The minimum Gasteiger partial charge on any atom is -0.469 e. The number of furan rings is 1. The molecule has 1 N–H and O–H groups in total. The normalized spacial score (nSPS) is 22.7. The lowest BCUT2D eigenvalue weighted by Crippen LogP contribution is -2.57. The van der Waals surface area contributed by atoms with Gasteiger partial charge in [-0.25, -0.2) is 0 Å². The standard InChI is InChI=1S/C18H28N4O2/c1-3-14(2)20-18(19-9-8-16-5-4-12-24-16)21-10-11-22-15(13-21)6-7-17(22)23/h4-5,12,14-15H,3,6-11,13H2,1-2H3,(H,19,20). The highest BCUT2D eigenvalue weighted by molar-refractivity contribution is 5.82. The number of nitrogens with one attached hydrogen (secondary N) is 1. The van der Waals surface area contributed by atoms with E-state index in [0.717, 1.165) is 50.6 Å². The average Bonchev–Trinajstić information content (AvgIpc) is 3.23. The molecule has 1 aromatic heterocycles. The topological polar surface area (TPSA) is 61.1 Å². The number of carbonyl (C=O) groups is 1. The summed E-state index contributed by atoms with van der Waals surface area (Å²) in [6.07, 6.45) is 5.23. The van der Waals surface area contributed by atoms with E-state index in [1.165, 1.54) is 0 Å². The minimum atomic E-state index is 0.311. The molecule has 6 heteroatoms. The Bertz CT molecular complexity index is 570. The first-order valence-corrected chi connectivity index (χ1v) is 9.05. The van der Waals surface area contributed by atoms with Gasteiger partial charge < -0.3 is 19.5 Å². The fourth-order valence-electron chi connectivity index (χ4n) is 3.34. The highest BCUT2D eigenvalue weighted by Crippen LogP contribution is 2.22. The molecule has 3 heterocycles. The minimum absolute atomic E-state index is 0.311. The van der Waals surface area contributed by atoms with E-state index in [-0.39, 0.29) is 0 Å². The van der Waals surface area contributed by atoms with Crippen molar-refractivity contribution in [3.63, 3.8) is 0 Å². The van der Waals surface area contributed by atoms with E-state index in [0.29, 0.717) is 31.0 Å². The maximum Gasteiger partial charge on any atom is 0.223 e. The highest BCUT2D eigenvalue weighted by atomic mass is 16.3. The van der Waals surface area contributed by atoms with Crippen LogP contribution in [0.1, 0.15) is 38.9 Å². The van der Waals surface area contributed by atoms with Gasteiger partial charge in [0.25, 0.3) is 0 Å². The SMILES string of the molecule is CCC(C)NC(=NCCc1ccco1)N1CCN2C(=O)CCC2C1. The van der Waals surface area contributed by atoms with Crippen LogP contribution in [0.25, 0.3) is 0 Å². The van der Waals surface area contributed by atoms with Gasteiger partial charge >= 0.3 is 0 Å². The van der Waals surface area contributed by atoms with Gasteiger partial charge in [-0.05, 0) is 31.9 Å². The molecule has 3 rings (SSSR count). The van der Waals surface area contributed by atoms with Crippen LogP contribution in [0.15, 0.2) is 27.8 Å². The third-order valence-electron chi connectivity index (χ3n) is 4.98. The van der Waals surface area contributed by atoms with Gasteiger partial charge in [0.2, 0.25) is 5.91 Å². The lowest BCUT2D eigenvalue weighted by molar-refractivity contribution is -0.130. The third kappa shape index (κ3) is 3.91. The van der Waals surface area contributed by atoms with Crippen molar-refractivity contribution in [1.29, 1.82) is 0 Å². The van der Waals surface area contributed by atoms with Crippen molar-refractivity contribution in [1.82, 2.24) is 15.1 Å². The van der Waals surface area contributed by atoms with E-state index < -0.39 is 0 Å². The Morgan fingerprint density at radius 2 is 2.38 bits per heavy atom. The van der Waals surface area contributed by atoms with E-state index in [1.807, 2.05) is 17.0 Å². The Kier molecular flexibility index (Phi) is 5.43. The lowest BCUT2D eigenvalue weighted by atomic mass is 10.1. The van der Waals surface area contributed by atoms with Gasteiger partial charge in [-0.15, -0.1) is 0 Å². The summed E-state index contributed by atoms with van der Waals surface area (Å²) in [5, 5.41) is 3.55. The van der Waals surface area contributed by atoms with Crippen LogP contribution < -0.4 is 5.32 Å². The molecule has 0 saturated carbocycles. The van der Waals surface area contributed by atoms with Gasteiger partial charge in [-0.2, -0.15) is 0 Å². The highest BCUT2D eigenvalue weighted by Gasteiger charge is 2.36. The fraction of sp³-hybridized carbons (Fsp3) is 0.667. The third-order valence-corrected chi connectivity index (χ3v) is 4.98. The molecule has 24 heavy (non-hydrogen) atoms. The van der Waals surface area contributed by atoms with Crippen molar-refractivity contribution in [3.8, 4) is 0 Å². The predicted molar refractivity (Wildman–Crippen MR) is 93.9 cm³/mol. The van der Waals surface area contributed by atoms with Gasteiger partial charge in [0.05, 0.1) is 6.26 Å².